The Morgan fingerprint density at radius 3 is 0.940 bits per heavy atom. The zero-order valence-corrected chi connectivity index (χ0v) is 44.2. The van der Waals surface area contributed by atoms with Gasteiger partial charge in [-0.2, -0.15) is 0 Å². The Balaban J connectivity index is 4.23. The van der Waals surface area contributed by atoms with Crippen molar-refractivity contribution in [3.63, 3.8) is 0 Å². The van der Waals surface area contributed by atoms with E-state index in [4.69, 9.17) is 14.2 Å². The summed E-state index contributed by atoms with van der Waals surface area (Å²) in [6.07, 6.45) is 70.6. The molecule has 386 valence electrons. The lowest BCUT2D eigenvalue weighted by Crippen LogP contribution is -2.30. The summed E-state index contributed by atoms with van der Waals surface area (Å²) in [6, 6.07) is 0. The summed E-state index contributed by atoms with van der Waals surface area (Å²) in [5.74, 6) is -0.922. The predicted molar refractivity (Wildman–Crippen MR) is 288 cm³/mol. The van der Waals surface area contributed by atoms with Crippen molar-refractivity contribution in [2.24, 2.45) is 0 Å². The van der Waals surface area contributed by atoms with E-state index in [1.807, 2.05) is 0 Å². The topological polar surface area (TPSA) is 78.9 Å². The van der Waals surface area contributed by atoms with Gasteiger partial charge in [0.1, 0.15) is 13.2 Å². The number of carbonyl (C=O) groups excluding carboxylic acids is 3. The van der Waals surface area contributed by atoms with E-state index in [0.717, 1.165) is 96.3 Å². The lowest BCUT2D eigenvalue weighted by atomic mass is 10.0. The lowest BCUT2D eigenvalue weighted by Gasteiger charge is -2.18. The van der Waals surface area contributed by atoms with Crippen molar-refractivity contribution in [1.29, 1.82) is 0 Å². The highest BCUT2D eigenvalue weighted by molar-refractivity contribution is 5.71. The molecule has 0 aromatic heterocycles. The molecule has 0 rings (SSSR count). The molecule has 0 aliphatic heterocycles. The summed E-state index contributed by atoms with van der Waals surface area (Å²) < 4.78 is 16.8. The highest BCUT2D eigenvalue weighted by atomic mass is 16.6. The number of unbranched alkanes of at least 4 members (excludes halogenated alkanes) is 28. The van der Waals surface area contributed by atoms with Crippen molar-refractivity contribution in [2.75, 3.05) is 13.2 Å². The maximum atomic E-state index is 12.8. The van der Waals surface area contributed by atoms with E-state index >= 15 is 0 Å². The van der Waals surface area contributed by atoms with Crippen LogP contribution in [0.5, 0.6) is 0 Å². The monoisotopic (exact) mass is 935 g/mol. The first-order chi connectivity index (χ1) is 33.0. The number of rotatable bonds is 51. The average Bonchev–Trinajstić information content (AvgIpc) is 3.33. The summed E-state index contributed by atoms with van der Waals surface area (Å²) in [5, 5.41) is 0. The van der Waals surface area contributed by atoms with Crippen molar-refractivity contribution >= 4 is 17.9 Å². The Labute approximate surface area is 414 Å². The van der Waals surface area contributed by atoms with Crippen LogP contribution in [-0.2, 0) is 28.6 Å². The molecular weight excluding hydrogens is 829 g/mol. The van der Waals surface area contributed by atoms with Crippen molar-refractivity contribution in [3.8, 4) is 0 Å². The molecule has 0 fully saturated rings. The Morgan fingerprint density at radius 1 is 0.313 bits per heavy atom. The second-order valence-electron chi connectivity index (χ2n) is 18.8. The van der Waals surface area contributed by atoms with Gasteiger partial charge < -0.3 is 14.2 Å². The lowest BCUT2D eigenvalue weighted by molar-refractivity contribution is -0.167. The first-order valence-electron chi connectivity index (χ1n) is 28.4. The SMILES string of the molecule is CC/C=C\C/C=C\C/C=C\C/C=C\C/C=C\CCCCCC(=O)OC(COC(=O)CCCCCCCCC)COC(=O)CCCCCCCCCCCCC/C=C\CCCCCCCCCC. The van der Waals surface area contributed by atoms with Gasteiger partial charge in [-0.05, 0) is 89.9 Å². The summed E-state index contributed by atoms with van der Waals surface area (Å²) in [7, 11) is 0. The summed E-state index contributed by atoms with van der Waals surface area (Å²) in [4.78, 5) is 37.9. The van der Waals surface area contributed by atoms with Gasteiger partial charge in [-0.3, -0.25) is 14.4 Å². The number of esters is 3. The highest BCUT2D eigenvalue weighted by Gasteiger charge is 2.19. The molecule has 0 amide bonds. The molecule has 0 heterocycles. The third-order valence-corrected chi connectivity index (χ3v) is 12.2. The predicted octanol–water partition coefficient (Wildman–Crippen LogP) is 19.0. The van der Waals surface area contributed by atoms with Crippen molar-refractivity contribution in [1.82, 2.24) is 0 Å². The fraction of sp³-hybridized carbons (Fsp3) is 0.754. The third kappa shape index (κ3) is 53.7. The van der Waals surface area contributed by atoms with E-state index in [9.17, 15) is 14.4 Å². The minimum Gasteiger partial charge on any atom is -0.462 e. The number of allylic oxidation sites excluding steroid dienone is 12. The molecule has 0 radical (unpaired) electrons. The first kappa shape index (κ1) is 63.8. The molecule has 67 heavy (non-hydrogen) atoms. The van der Waals surface area contributed by atoms with E-state index in [1.54, 1.807) is 0 Å². The molecule has 0 aromatic carbocycles. The normalized spacial score (nSPS) is 12.6. The van der Waals surface area contributed by atoms with E-state index in [1.165, 1.54) is 141 Å². The molecule has 0 aliphatic carbocycles. The quantitative estimate of drug-likeness (QED) is 0.0262. The fourth-order valence-corrected chi connectivity index (χ4v) is 7.93. The summed E-state index contributed by atoms with van der Waals surface area (Å²) in [5.41, 5.74) is 0. The molecule has 0 saturated carbocycles. The van der Waals surface area contributed by atoms with Gasteiger partial charge >= 0.3 is 17.9 Å². The highest BCUT2D eigenvalue weighted by Crippen LogP contribution is 2.15. The van der Waals surface area contributed by atoms with Crippen LogP contribution in [-0.4, -0.2) is 37.2 Å². The molecule has 6 nitrogen and oxygen atoms in total. The first-order valence-corrected chi connectivity index (χ1v) is 28.4. The van der Waals surface area contributed by atoms with Crippen molar-refractivity contribution in [2.45, 2.75) is 284 Å². The van der Waals surface area contributed by atoms with E-state index < -0.39 is 6.10 Å². The van der Waals surface area contributed by atoms with Crippen LogP contribution in [0, 0.1) is 0 Å². The summed E-state index contributed by atoms with van der Waals surface area (Å²) in [6.45, 7) is 6.47. The summed E-state index contributed by atoms with van der Waals surface area (Å²) >= 11 is 0. The Morgan fingerprint density at radius 2 is 0.582 bits per heavy atom. The number of hydrogen-bond donors (Lipinski definition) is 0. The van der Waals surface area contributed by atoms with Gasteiger partial charge in [0.05, 0.1) is 0 Å². The molecule has 0 N–H and O–H groups in total. The number of hydrogen-bond acceptors (Lipinski definition) is 6. The van der Waals surface area contributed by atoms with Gasteiger partial charge in [-0.25, -0.2) is 0 Å². The average molecular weight is 936 g/mol. The van der Waals surface area contributed by atoms with Crippen LogP contribution in [0.4, 0.5) is 0 Å². The smallest absolute Gasteiger partial charge is 0.306 e. The zero-order chi connectivity index (χ0) is 48.6. The Kier molecular flexibility index (Phi) is 52.8. The molecule has 0 spiro atoms. The van der Waals surface area contributed by atoms with E-state index in [2.05, 4.69) is 93.7 Å². The zero-order valence-electron chi connectivity index (χ0n) is 44.2. The van der Waals surface area contributed by atoms with Gasteiger partial charge in [0.2, 0.25) is 0 Å². The molecule has 1 unspecified atom stereocenters. The third-order valence-electron chi connectivity index (χ3n) is 12.2. The number of carbonyl (C=O) groups is 3. The van der Waals surface area contributed by atoms with Gasteiger partial charge in [0.25, 0.3) is 0 Å². The van der Waals surface area contributed by atoms with Crippen LogP contribution in [0.1, 0.15) is 278 Å². The van der Waals surface area contributed by atoms with Crippen LogP contribution in [0.2, 0.25) is 0 Å². The molecule has 1 atom stereocenters. The molecule has 0 bridgehead atoms. The Bertz CT molecular complexity index is 1260. The fourth-order valence-electron chi connectivity index (χ4n) is 7.93. The largest absolute Gasteiger partial charge is 0.462 e. The van der Waals surface area contributed by atoms with Crippen LogP contribution in [0.15, 0.2) is 72.9 Å². The van der Waals surface area contributed by atoms with Crippen LogP contribution >= 0.6 is 0 Å². The molecule has 0 aliphatic rings. The number of ether oxygens (including phenoxy) is 3. The standard InChI is InChI=1S/C61H106O6/c1-4-7-10-13-16-18-20-22-24-26-28-29-30-31-33-34-36-38-40-42-45-48-51-54-60(63)66-57-58(56-65-59(62)53-50-47-44-15-12-9-6-3)67-61(64)55-52-49-46-43-41-39-37-35-32-27-25-23-21-19-17-14-11-8-5-2/h8,11,17,19,23,25-26,28,32,35,39,41,58H,4-7,9-10,12-16,18,20-22,24,27,29-31,33-34,36-38,40,42-57H2,1-3H3/b11-8-,19-17-,25-23-,28-26-,35-32-,41-39-. The maximum Gasteiger partial charge on any atom is 0.306 e. The van der Waals surface area contributed by atoms with Gasteiger partial charge in [-0.1, -0.05) is 241 Å². The van der Waals surface area contributed by atoms with Crippen molar-refractivity contribution in [3.05, 3.63) is 72.9 Å². The van der Waals surface area contributed by atoms with E-state index in [0.29, 0.717) is 19.3 Å². The van der Waals surface area contributed by atoms with Crippen LogP contribution in [0.3, 0.4) is 0 Å². The minimum absolute atomic E-state index is 0.0879. The second kappa shape index (κ2) is 55.4. The minimum atomic E-state index is -0.790. The molecule has 0 aromatic rings. The molecule has 0 saturated heterocycles. The van der Waals surface area contributed by atoms with Crippen molar-refractivity contribution < 1.29 is 28.6 Å². The Hall–Kier alpha value is -3.15. The molecule has 6 heteroatoms. The van der Waals surface area contributed by atoms with Crippen LogP contribution in [0.25, 0.3) is 0 Å². The van der Waals surface area contributed by atoms with Gasteiger partial charge in [-0.15, -0.1) is 0 Å². The van der Waals surface area contributed by atoms with Gasteiger partial charge in [0.15, 0.2) is 6.10 Å². The van der Waals surface area contributed by atoms with E-state index in [-0.39, 0.29) is 31.1 Å². The molecular formula is C61H106O6. The second-order valence-corrected chi connectivity index (χ2v) is 18.8. The maximum absolute atomic E-state index is 12.8. The van der Waals surface area contributed by atoms with Gasteiger partial charge in [0, 0.05) is 19.3 Å². The van der Waals surface area contributed by atoms with Crippen LogP contribution < -0.4 is 0 Å².